The molecule has 0 aliphatic rings. The number of hydrogen-bond acceptors (Lipinski definition) is 7. The second kappa shape index (κ2) is 9.00. The Morgan fingerprint density at radius 1 is 0.848 bits per heavy atom. The van der Waals surface area contributed by atoms with Crippen LogP contribution in [0.25, 0.3) is 0 Å². The summed E-state index contributed by atoms with van der Waals surface area (Å²) in [6.07, 6.45) is 0. The first kappa shape index (κ1) is 24.5. The molecule has 33 heavy (non-hydrogen) atoms. The fraction of sp³-hybridized carbons (Fsp3) is 0.143. The summed E-state index contributed by atoms with van der Waals surface area (Å²) in [5.41, 5.74) is 0.592. The Morgan fingerprint density at radius 2 is 1.39 bits per heavy atom. The van der Waals surface area contributed by atoms with Crippen molar-refractivity contribution in [3.63, 3.8) is 0 Å². The van der Waals surface area contributed by atoms with Crippen molar-refractivity contribution in [3.8, 4) is 5.75 Å². The van der Waals surface area contributed by atoms with Gasteiger partial charge in [-0.3, -0.25) is 10.1 Å². The van der Waals surface area contributed by atoms with Crippen LogP contribution in [0.15, 0.2) is 70.5 Å². The van der Waals surface area contributed by atoms with Crippen LogP contribution in [0.1, 0.15) is 11.1 Å². The number of anilines is 1. The molecule has 174 valence electrons. The predicted molar refractivity (Wildman–Crippen MR) is 124 cm³/mol. The smallest absolute Gasteiger partial charge is 0.289 e. The van der Waals surface area contributed by atoms with E-state index in [1.54, 1.807) is 19.9 Å². The van der Waals surface area contributed by atoms with Crippen molar-refractivity contribution >= 4 is 43.0 Å². The number of nitro groups is 1. The second-order valence-corrected chi connectivity index (χ2v) is 11.2. The number of nitrogens with zero attached hydrogens (tertiary/aromatic N) is 2. The molecule has 0 saturated heterocycles. The summed E-state index contributed by atoms with van der Waals surface area (Å²) >= 11 is 5.81. The molecule has 0 unspecified atom stereocenters. The van der Waals surface area contributed by atoms with Gasteiger partial charge >= 0.3 is 0 Å². The van der Waals surface area contributed by atoms with E-state index in [1.807, 2.05) is 0 Å². The standard InChI is InChI=1S/C21H19ClN2O7S2/c1-14-4-9-18(12-15(14)2)32(27,28)24(16-5-7-17(31-3)8-6-16)33(29,30)19-10-11-20(22)21(13-19)23(25)26/h4-13H,1-3H3. The lowest BCUT2D eigenvalue weighted by Gasteiger charge is -2.24. The minimum atomic E-state index is -4.83. The molecule has 0 aliphatic carbocycles. The molecule has 3 rings (SSSR count). The highest BCUT2D eigenvalue weighted by atomic mass is 35.5. The van der Waals surface area contributed by atoms with Crippen LogP contribution in [0.5, 0.6) is 5.75 Å². The molecular formula is C21H19ClN2O7S2. The molecule has 0 heterocycles. The largest absolute Gasteiger partial charge is 0.497 e. The number of benzene rings is 3. The van der Waals surface area contributed by atoms with Gasteiger partial charge in [0, 0.05) is 6.07 Å². The maximum atomic E-state index is 13.6. The van der Waals surface area contributed by atoms with Crippen molar-refractivity contribution in [2.24, 2.45) is 0 Å². The lowest BCUT2D eigenvalue weighted by Crippen LogP contribution is -2.37. The maximum Gasteiger partial charge on any atom is 0.289 e. The molecule has 0 aromatic heterocycles. The third kappa shape index (κ3) is 4.65. The lowest BCUT2D eigenvalue weighted by molar-refractivity contribution is -0.384. The Bertz CT molecular complexity index is 1440. The highest BCUT2D eigenvalue weighted by Gasteiger charge is 2.38. The number of ether oxygens (including phenoxy) is 1. The van der Waals surface area contributed by atoms with Gasteiger partial charge in [-0.15, -0.1) is 0 Å². The van der Waals surface area contributed by atoms with Crippen LogP contribution in [0.3, 0.4) is 0 Å². The minimum Gasteiger partial charge on any atom is -0.497 e. The van der Waals surface area contributed by atoms with Gasteiger partial charge in [-0.1, -0.05) is 17.7 Å². The van der Waals surface area contributed by atoms with E-state index in [2.05, 4.69) is 0 Å². The van der Waals surface area contributed by atoms with Crippen LogP contribution < -0.4 is 8.45 Å². The van der Waals surface area contributed by atoms with Crippen molar-refractivity contribution in [3.05, 3.63) is 86.9 Å². The Balaban J connectivity index is 2.30. The first-order chi connectivity index (χ1) is 15.4. The highest BCUT2D eigenvalue weighted by molar-refractivity contribution is 8.10. The SMILES string of the molecule is COc1ccc(N(S(=O)(=O)c2ccc(C)c(C)c2)S(=O)(=O)c2ccc(Cl)c([N+](=O)[O-])c2)cc1. The number of rotatable bonds is 7. The fourth-order valence-electron chi connectivity index (χ4n) is 2.97. The maximum absolute atomic E-state index is 13.6. The number of sulfonamides is 2. The van der Waals surface area contributed by atoms with Crippen LogP contribution >= 0.6 is 11.6 Å². The van der Waals surface area contributed by atoms with Crippen molar-refractivity contribution in [1.29, 1.82) is 0 Å². The topological polar surface area (TPSA) is 124 Å². The van der Waals surface area contributed by atoms with Crippen molar-refractivity contribution in [2.75, 3.05) is 10.8 Å². The summed E-state index contributed by atoms with van der Waals surface area (Å²) in [6, 6.07) is 12.3. The quantitative estimate of drug-likeness (QED) is 0.339. The van der Waals surface area contributed by atoms with Gasteiger partial charge in [0.1, 0.15) is 10.8 Å². The molecule has 0 radical (unpaired) electrons. The summed E-state index contributed by atoms with van der Waals surface area (Å²) in [6.45, 7) is 3.49. The van der Waals surface area contributed by atoms with E-state index in [-0.39, 0.29) is 19.3 Å². The zero-order valence-corrected chi connectivity index (χ0v) is 20.1. The average Bonchev–Trinajstić information content (AvgIpc) is 2.75. The molecular weight excluding hydrogens is 492 g/mol. The summed E-state index contributed by atoms with van der Waals surface area (Å²) in [7, 11) is -8.09. The first-order valence-corrected chi connectivity index (χ1v) is 12.6. The van der Waals surface area contributed by atoms with Crippen molar-refractivity contribution in [1.82, 2.24) is 0 Å². The van der Waals surface area contributed by atoms with Crippen LogP contribution in [0.2, 0.25) is 5.02 Å². The van der Waals surface area contributed by atoms with E-state index in [0.717, 1.165) is 23.8 Å². The number of nitro benzene ring substituents is 1. The van der Waals surface area contributed by atoms with Gasteiger partial charge in [0.15, 0.2) is 0 Å². The second-order valence-electron chi connectivity index (χ2n) is 7.02. The average molecular weight is 511 g/mol. The lowest BCUT2D eigenvalue weighted by atomic mass is 10.1. The molecule has 0 saturated carbocycles. The molecule has 0 aliphatic heterocycles. The van der Waals surface area contributed by atoms with Crippen LogP contribution in [-0.4, -0.2) is 28.9 Å². The van der Waals surface area contributed by atoms with Crippen molar-refractivity contribution in [2.45, 2.75) is 23.6 Å². The fourth-order valence-corrected chi connectivity index (χ4v) is 6.95. The molecule has 0 fully saturated rings. The van der Waals surface area contributed by atoms with Gasteiger partial charge in [-0.25, -0.2) is 16.8 Å². The van der Waals surface area contributed by atoms with E-state index >= 15 is 0 Å². The van der Waals surface area contributed by atoms with Crippen molar-refractivity contribution < 1.29 is 26.5 Å². The third-order valence-electron chi connectivity index (χ3n) is 4.91. The molecule has 0 spiro atoms. The zero-order chi connectivity index (χ0) is 24.6. The van der Waals surface area contributed by atoms with E-state index < -0.39 is 35.6 Å². The van der Waals surface area contributed by atoms with E-state index in [9.17, 15) is 26.9 Å². The Labute approximate surface area is 196 Å². The number of aryl methyl sites for hydroxylation is 2. The summed E-state index contributed by atoms with van der Waals surface area (Å²) in [5, 5.41) is 11.0. The molecule has 3 aromatic carbocycles. The molecule has 0 amide bonds. The van der Waals surface area contributed by atoms with Gasteiger partial charge in [-0.05, 0) is 73.5 Å². The molecule has 0 N–H and O–H groups in total. The van der Waals surface area contributed by atoms with Gasteiger partial charge in [-0.2, -0.15) is 3.71 Å². The van der Waals surface area contributed by atoms with Crippen LogP contribution in [0, 0.1) is 24.0 Å². The van der Waals surface area contributed by atoms with Gasteiger partial charge in [0.05, 0.1) is 27.5 Å². The number of halogens is 1. The number of hydrogen-bond donors (Lipinski definition) is 0. The predicted octanol–water partition coefficient (Wildman–Crippen LogP) is 4.46. The summed E-state index contributed by atoms with van der Waals surface area (Å²) < 4.78 is 59.7. The molecule has 9 nitrogen and oxygen atoms in total. The Morgan fingerprint density at radius 3 is 1.91 bits per heavy atom. The monoisotopic (exact) mass is 510 g/mol. The van der Waals surface area contributed by atoms with Crippen LogP contribution in [-0.2, 0) is 20.0 Å². The van der Waals surface area contributed by atoms with Gasteiger partial charge in [0.2, 0.25) is 0 Å². The van der Waals surface area contributed by atoms with E-state index in [0.29, 0.717) is 11.3 Å². The first-order valence-electron chi connectivity index (χ1n) is 9.35. The summed E-state index contributed by atoms with van der Waals surface area (Å²) in [4.78, 5) is 9.56. The Hall–Kier alpha value is -3.15. The molecule has 0 bridgehead atoms. The molecule has 12 heteroatoms. The van der Waals surface area contributed by atoms with Gasteiger partial charge < -0.3 is 4.74 Å². The van der Waals surface area contributed by atoms with E-state index in [4.69, 9.17) is 16.3 Å². The highest BCUT2D eigenvalue weighted by Crippen LogP contribution is 2.35. The minimum absolute atomic E-state index is 0.202. The van der Waals surface area contributed by atoms with Gasteiger partial charge in [0.25, 0.3) is 25.7 Å². The molecule has 0 atom stereocenters. The Kier molecular flexibility index (Phi) is 6.68. The normalized spacial score (nSPS) is 11.8. The zero-order valence-electron chi connectivity index (χ0n) is 17.7. The third-order valence-corrected chi connectivity index (χ3v) is 9.40. The summed E-state index contributed by atoms with van der Waals surface area (Å²) in [5.74, 6) is 0.377. The van der Waals surface area contributed by atoms with Crippen LogP contribution in [0.4, 0.5) is 11.4 Å². The molecule has 3 aromatic rings. The number of methoxy groups -OCH3 is 1. The van der Waals surface area contributed by atoms with E-state index in [1.165, 1.54) is 43.5 Å².